The van der Waals surface area contributed by atoms with E-state index in [1.807, 2.05) is 52.8 Å². The fraction of sp³-hybridized carbons (Fsp3) is 0.409. The van der Waals surface area contributed by atoms with Crippen LogP contribution in [0.1, 0.15) is 48.6 Å². The summed E-state index contributed by atoms with van der Waals surface area (Å²) in [6, 6.07) is 12.3. The molecule has 2 rings (SSSR count). The summed E-state index contributed by atoms with van der Waals surface area (Å²) in [7, 11) is -3.63. The summed E-state index contributed by atoms with van der Waals surface area (Å²) in [5.41, 5.74) is 4.68. The van der Waals surface area contributed by atoms with E-state index >= 15 is 0 Å². The van der Waals surface area contributed by atoms with E-state index in [-0.39, 0.29) is 11.9 Å². The lowest BCUT2D eigenvalue weighted by molar-refractivity contribution is -0.122. The summed E-state index contributed by atoms with van der Waals surface area (Å²) >= 11 is 0. The van der Waals surface area contributed by atoms with Gasteiger partial charge in [0, 0.05) is 0 Å². The molecule has 152 valence electrons. The molecule has 2 aromatic rings. The van der Waals surface area contributed by atoms with Gasteiger partial charge < -0.3 is 5.32 Å². The van der Waals surface area contributed by atoms with Crippen LogP contribution in [0.3, 0.4) is 0 Å². The summed E-state index contributed by atoms with van der Waals surface area (Å²) in [5, 5.41) is 3.01. The third-order valence-electron chi connectivity index (χ3n) is 4.85. The molecular weight excluding hydrogens is 372 g/mol. The van der Waals surface area contributed by atoms with E-state index in [9.17, 15) is 13.2 Å². The fourth-order valence-electron chi connectivity index (χ4n) is 3.44. The highest BCUT2D eigenvalue weighted by Crippen LogP contribution is 2.25. The normalized spacial score (nSPS) is 13.6. The molecule has 2 atom stereocenters. The van der Waals surface area contributed by atoms with Crippen molar-refractivity contribution >= 4 is 21.6 Å². The number of amides is 1. The molecule has 0 aliphatic carbocycles. The number of anilines is 1. The molecule has 1 amide bonds. The standard InChI is InChI=1S/C22H30N2O3S/c1-7-21(24(28(6,26)27)19-10-8-9-15(2)13-19)22(25)23-18(5)20-14-16(3)11-12-17(20)4/h8-14,18,21H,7H2,1-6H3,(H,23,25)/t18-,21-/m1/s1. The Hall–Kier alpha value is -2.34. The molecule has 0 radical (unpaired) electrons. The molecule has 0 saturated carbocycles. The van der Waals surface area contributed by atoms with E-state index in [1.165, 1.54) is 4.31 Å². The third kappa shape index (κ3) is 5.13. The predicted octanol–water partition coefficient (Wildman–Crippen LogP) is 4.03. The molecule has 6 heteroatoms. The Bertz CT molecular complexity index is 954. The number of sulfonamides is 1. The minimum atomic E-state index is -3.63. The first-order valence-electron chi connectivity index (χ1n) is 9.48. The Morgan fingerprint density at radius 3 is 2.29 bits per heavy atom. The van der Waals surface area contributed by atoms with Gasteiger partial charge in [-0.1, -0.05) is 42.8 Å². The monoisotopic (exact) mass is 402 g/mol. The molecular formula is C22H30N2O3S. The van der Waals surface area contributed by atoms with Gasteiger partial charge in [0.1, 0.15) is 6.04 Å². The van der Waals surface area contributed by atoms with Gasteiger partial charge in [-0.3, -0.25) is 9.10 Å². The Balaban J connectivity index is 2.35. The maximum absolute atomic E-state index is 13.1. The van der Waals surface area contributed by atoms with Crippen LogP contribution in [-0.4, -0.2) is 26.6 Å². The minimum Gasteiger partial charge on any atom is -0.348 e. The highest BCUT2D eigenvalue weighted by atomic mass is 32.2. The number of benzene rings is 2. The van der Waals surface area contributed by atoms with Gasteiger partial charge in [0.2, 0.25) is 15.9 Å². The second-order valence-corrected chi connectivity index (χ2v) is 9.27. The van der Waals surface area contributed by atoms with E-state index in [2.05, 4.69) is 11.4 Å². The average Bonchev–Trinajstić information content (AvgIpc) is 2.60. The maximum atomic E-state index is 13.1. The zero-order chi connectivity index (χ0) is 21.1. The van der Waals surface area contributed by atoms with Crippen LogP contribution in [0.5, 0.6) is 0 Å². The molecule has 0 aromatic heterocycles. The summed E-state index contributed by atoms with van der Waals surface area (Å²) in [5.74, 6) is -0.303. The molecule has 1 N–H and O–H groups in total. The molecule has 0 saturated heterocycles. The van der Waals surface area contributed by atoms with E-state index in [0.29, 0.717) is 12.1 Å². The molecule has 0 aliphatic heterocycles. The van der Waals surface area contributed by atoms with Crippen LogP contribution in [0.15, 0.2) is 42.5 Å². The molecule has 2 aromatic carbocycles. The predicted molar refractivity (Wildman–Crippen MR) is 115 cm³/mol. The van der Waals surface area contributed by atoms with Gasteiger partial charge in [0.05, 0.1) is 18.0 Å². The van der Waals surface area contributed by atoms with Crippen molar-refractivity contribution in [2.75, 3.05) is 10.6 Å². The highest BCUT2D eigenvalue weighted by molar-refractivity contribution is 7.92. The van der Waals surface area contributed by atoms with Crippen molar-refractivity contribution in [2.24, 2.45) is 0 Å². The molecule has 0 bridgehead atoms. The first-order chi connectivity index (χ1) is 13.0. The van der Waals surface area contributed by atoms with Crippen molar-refractivity contribution in [1.29, 1.82) is 0 Å². The van der Waals surface area contributed by atoms with Gasteiger partial charge in [-0.25, -0.2) is 8.42 Å². The largest absolute Gasteiger partial charge is 0.348 e. The highest BCUT2D eigenvalue weighted by Gasteiger charge is 2.32. The number of rotatable bonds is 7. The average molecular weight is 403 g/mol. The van der Waals surface area contributed by atoms with E-state index in [4.69, 9.17) is 0 Å². The molecule has 0 unspecified atom stereocenters. The number of carbonyl (C=O) groups is 1. The van der Waals surface area contributed by atoms with Crippen LogP contribution in [0.4, 0.5) is 5.69 Å². The van der Waals surface area contributed by atoms with Gasteiger partial charge in [-0.15, -0.1) is 0 Å². The number of nitrogens with one attached hydrogen (secondary N) is 1. The lowest BCUT2D eigenvalue weighted by atomic mass is 9.99. The lowest BCUT2D eigenvalue weighted by Gasteiger charge is -2.31. The molecule has 0 spiro atoms. The Kier molecular flexibility index (Phi) is 6.88. The van der Waals surface area contributed by atoms with E-state index in [0.717, 1.165) is 28.5 Å². The van der Waals surface area contributed by atoms with Crippen LogP contribution in [-0.2, 0) is 14.8 Å². The van der Waals surface area contributed by atoms with Gasteiger partial charge in [-0.2, -0.15) is 0 Å². The maximum Gasteiger partial charge on any atom is 0.244 e. The topological polar surface area (TPSA) is 66.5 Å². The fourth-order valence-corrected chi connectivity index (χ4v) is 4.64. The van der Waals surface area contributed by atoms with Gasteiger partial charge in [0.25, 0.3) is 0 Å². The number of hydrogen-bond acceptors (Lipinski definition) is 3. The Morgan fingerprint density at radius 2 is 1.71 bits per heavy atom. The van der Waals surface area contributed by atoms with Gasteiger partial charge in [-0.05, 0) is 62.9 Å². The summed E-state index contributed by atoms with van der Waals surface area (Å²) in [4.78, 5) is 13.1. The molecule has 28 heavy (non-hydrogen) atoms. The SMILES string of the molecule is CC[C@H](C(=O)N[C@H](C)c1cc(C)ccc1C)N(c1cccc(C)c1)S(C)(=O)=O. The smallest absolute Gasteiger partial charge is 0.244 e. The van der Waals surface area contributed by atoms with Crippen molar-refractivity contribution in [1.82, 2.24) is 5.32 Å². The van der Waals surface area contributed by atoms with Gasteiger partial charge >= 0.3 is 0 Å². The van der Waals surface area contributed by atoms with E-state index in [1.54, 1.807) is 18.2 Å². The van der Waals surface area contributed by atoms with Crippen LogP contribution in [0.25, 0.3) is 0 Å². The van der Waals surface area contributed by atoms with E-state index < -0.39 is 16.1 Å². The number of aryl methyl sites for hydroxylation is 3. The van der Waals surface area contributed by atoms with Crippen molar-refractivity contribution in [3.05, 3.63) is 64.7 Å². The second-order valence-electron chi connectivity index (χ2n) is 7.41. The zero-order valence-corrected chi connectivity index (χ0v) is 18.3. The number of nitrogens with zero attached hydrogens (tertiary/aromatic N) is 1. The molecule has 0 heterocycles. The Morgan fingerprint density at radius 1 is 1.07 bits per heavy atom. The lowest BCUT2D eigenvalue weighted by Crippen LogP contribution is -2.49. The van der Waals surface area contributed by atoms with Crippen LogP contribution in [0.2, 0.25) is 0 Å². The number of carbonyl (C=O) groups excluding carboxylic acids is 1. The summed E-state index contributed by atoms with van der Waals surface area (Å²) < 4.78 is 26.3. The minimum absolute atomic E-state index is 0.222. The first kappa shape index (κ1) is 22.0. The van der Waals surface area contributed by atoms with Crippen LogP contribution in [0, 0.1) is 20.8 Å². The summed E-state index contributed by atoms with van der Waals surface area (Å²) in [6.45, 7) is 9.65. The van der Waals surface area contributed by atoms with Crippen molar-refractivity contribution in [3.8, 4) is 0 Å². The van der Waals surface area contributed by atoms with Gasteiger partial charge in [0.15, 0.2) is 0 Å². The first-order valence-corrected chi connectivity index (χ1v) is 11.3. The summed E-state index contributed by atoms with van der Waals surface area (Å²) in [6.07, 6.45) is 1.51. The quantitative estimate of drug-likeness (QED) is 0.760. The van der Waals surface area contributed by atoms with Crippen LogP contribution < -0.4 is 9.62 Å². The second kappa shape index (κ2) is 8.78. The van der Waals surface area contributed by atoms with Crippen molar-refractivity contribution in [2.45, 2.75) is 53.1 Å². The molecule has 0 fully saturated rings. The zero-order valence-electron chi connectivity index (χ0n) is 17.5. The third-order valence-corrected chi connectivity index (χ3v) is 6.03. The molecule has 0 aliphatic rings. The van der Waals surface area contributed by atoms with Crippen molar-refractivity contribution < 1.29 is 13.2 Å². The number of hydrogen-bond donors (Lipinski definition) is 1. The van der Waals surface area contributed by atoms with Crippen molar-refractivity contribution in [3.63, 3.8) is 0 Å². The Labute approximate surface area is 168 Å². The molecule has 5 nitrogen and oxygen atoms in total. The van der Waals surface area contributed by atoms with Crippen LogP contribution >= 0.6 is 0 Å².